The number of carbonyl (C=O) groups excluding carboxylic acids is 1. The first kappa shape index (κ1) is 12.7. The van der Waals surface area contributed by atoms with Crippen LogP contribution < -0.4 is 11.1 Å². The fraction of sp³-hybridized carbons (Fsp3) is 0.455. The van der Waals surface area contributed by atoms with Crippen LogP contribution in [0.1, 0.15) is 36.5 Å². The molecule has 1 unspecified atom stereocenters. The van der Waals surface area contributed by atoms with Crippen molar-refractivity contribution in [2.24, 2.45) is 5.73 Å². The largest absolute Gasteiger partial charge is 0.466 e. The Morgan fingerprint density at radius 1 is 1.62 bits per heavy atom. The number of furan rings is 1. The van der Waals surface area contributed by atoms with Crippen LogP contribution in [0.2, 0.25) is 0 Å². The van der Waals surface area contributed by atoms with Gasteiger partial charge in [-0.2, -0.15) is 0 Å². The number of amides is 1. The Balaban J connectivity index is 2.65. The minimum Gasteiger partial charge on any atom is -0.466 e. The van der Waals surface area contributed by atoms with E-state index in [0.717, 1.165) is 17.1 Å². The van der Waals surface area contributed by atoms with Crippen molar-refractivity contribution in [1.29, 1.82) is 0 Å². The lowest BCUT2D eigenvalue weighted by atomic mass is 10.1. The summed E-state index contributed by atoms with van der Waals surface area (Å²) in [7, 11) is 0. The molecule has 0 radical (unpaired) electrons. The Labute approximate surface area is 100 Å². The molecule has 0 fully saturated rings. The molecule has 1 atom stereocenters. The summed E-state index contributed by atoms with van der Waals surface area (Å²) in [6, 6.07) is 1.82. The van der Waals surface area contributed by atoms with Gasteiger partial charge in [-0.3, -0.25) is 4.79 Å². The van der Waals surface area contributed by atoms with Crippen LogP contribution in [0.4, 0.5) is 0 Å². The Hall–Kier alpha value is -1.36. The Morgan fingerprint density at radius 3 is 2.69 bits per heavy atom. The second-order valence-electron chi connectivity index (χ2n) is 3.80. The molecule has 0 aliphatic carbocycles. The third-order valence-electron chi connectivity index (χ3n) is 2.26. The molecule has 1 rings (SSSR count). The van der Waals surface area contributed by atoms with Crippen molar-refractivity contribution in [2.75, 3.05) is 0 Å². The van der Waals surface area contributed by atoms with Crippen molar-refractivity contribution in [3.05, 3.63) is 23.2 Å². The van der Waals surface area contributed by atoms with E-state index in [1.807, 2.05) is 26.8 Å². The number of hydrogen-bond donors (Lipinski definition) is 2. The molecule has 0 aliphatic rings. The minimum absolute atomic E-state index is 0.0789. The van der Waals surface area contributed by atoms with Gasteiger partial charge in [-0.05, 0) is 26.8 Å². The van der Waals surface area contributed by atoms with Crippen molar-refractivity contribution >= 4 is 23.1 Å². The maximum atomic E-state index is 11.4. The lowest BCUT2D eigenvalue weighted by molar-refractivity contribution is -0.120. The molecular formula is C11H16N2O2S. The van der Waals surface area contributed by atoms with E-state index in [-0.39, 0.29) is 23.4 Å². The third-order valence-corrected chi connectivity index (χ3v) is 2.40. The first-order valence-corrected chi connectivity index (χ1v) is 5.45. The maximum Gasteiger partial charge on any atom is 0.227 e. The fourth-order valence-electron chi connectivity index (χ4n) is 1.61. The molecule has 3 N–H and O–H groups in total. The van der Waals surface area contributed by atoms with Gasteiger partial charge in [0.15, 0.2) is 0 Å². The summed E-state index contributed by atoms with van der Waals surface area (Å²) in [6.07, 6.45) is 0.0789. The number of hydrogen-bond acceptors (Lipinski definition) is 3. The topological polar surface area (TPSA) is 68.3 Å². The van der Waals surface area contributed by atoms with E-state index in [1.54, 1.807) is 0 Å². The van der Waals surface area contributed by atoms with Gasteiger partial charge in [-0.1, -0.05) is 12.2 Å². The van der Waals surface area contributed by atoms with Gasteiger partial charge in [-0.15, -0.1) is 0 Å². The zero-order valence-corrected chi connectivity index (χ0v) is 10.5. The van der Waals surface area contributed by atoms with Crippen molar-refractivity contribution in [3.8, 4) is 0 Å². The third kappa shape index (κ3) is 3.34. The molecular weight excluding hydrogens is 224 g/mol. The highest BCUT2D eigenvalue weighted by Crippen LogP contribution is 2.21. The van der Waals surface area contributed by atoms with Gasteiger partial charge in [0.1, 0.15) is 11.5 Å². The Morgan fingerprint density at radius 2 is 2.25 bits per heavy atom. The summed E-state index contributed by atoms with van der Waals surface area (Å²) in [6.45, 7) is 5.65. The molecule has 1 aromatic rings. The lowest BCUT2D eigenvalue weighted by Gasteiger charge is -2.12. The highest BCUT2D eigenvalue weighted by molar-refractivity contribution is 7.80. The fourth-order valence-corrected chi connectivity index (χ4v) is 1.74. The van der Waals surface area contributed by atoms with E-state index in [1.165, 1.54) is 0 Å². The van der Waals surface area contributed by atoms with Crippen molar-refractivity contribution in [2.45, 2.75) is 33.2 Å². The van der Waals surface area contributed by atoms with E-state index in [4.69, 9.17) is 10.2 Å². The highest BCUT2D eigenvalue weighted by atomic mass is 32.1. The number of thiocarbonyl (C=S) groups is 1. The molecule has 5 heteroatoms. The number of carbonyl (C=O) groups is 1. The van der Waals surface area contributed by atoms with E-state index >= 15 is 0 Å². The smallest absolute Gasteiger partial charge is 0.227 e. The van der Waals surface area contributed by atoms with Crippen LogP contribution in [0.3, 0.4) is 0 Å². The monoisotopic (exact) mass is 240 g/mol. The highest BCUT2D eigenvalue weighted by Gasteiger charge is 2.15. The van der Waals surface area contributed by atoms with Crippen LogP contribution in [0.25, 0.3) is 0 Å². The normalized spacial score (nSPS) is 12.2. The van der Waals surface area contributed by atoms with Crippen LogP contribution in [-0.4, -0.2) is 10.9 Å². The standard InChI is InChI=1S/C11H16N2O2S/c1-6-4-9(8(3)15-6)7(2)13-11(14)5-10(12)16/h4,7H,5H2,1-3H3,(H2,12,16)(H,13,14). The SMILES string of the molecule is Cc1cc(C(C)NC(=O)CC(N)=S)c(C)o1. The molecule has 0 aliphatic heterocycles. The summed E-state index contributed by atoms with van der Waals surface area (Å²) in [4.78, 5) is 11.6. The molecule has 0 spiro atoms. The molecule has 88 valence electrons. The first-order valence-electron chi connectivity index (χ1n) is 5.04. The quantitative estimate of drug-likeness (QED) is 0.787. The van der Waals surface area contributed by atoms with Crippen molar-refractivity contribution in [1.82, 2.24) is 5.32 Å². The molecule has 0 saturated heterocycles. The predicted octanol–water partition coefficient (Wildman–Crippen LogP) is 1.75. The molecule has 0 aromatic carbocycles. The van der Waals surface area contributed by atoms with E-state index in [0.29, 0.717) is 0 Å². The van der Waals surface area contributed by atoms with Crippen LogP contribution in [0.5, 0.6) is 0 Å². The molecule has 1 heterocycles. The zero-order valence-electron chi connectivity index (χ0n) is 9.66. The average molecular weight is 240 g/mol. The molecule has 16 heavy (non-hydrogen) atoms. The van der Waals surface area contributed by atoms with E-state index in [9.17, 15) is 4.79 Å². The second kappa shape index (κ2) is 5.12. The van der Waals surface area contributed by atoms with Crippen LogP contribution >= 0.6 is 12.2 Å². The lowest BCUT2D eigenvalue weighted by Crippen LogP contribution is -2.30. The first-order chi connectivity index (χ1) is 7.40. The van der Waals surface area contributed by atoms with Crippen LogP contribution in [0.15, 0.2) is 10.5 Å². The minimum atomic E-state index is -0.168. The predicted molar refractivity (Wildman–Crippen MR) is 66.1 cm³/mol. The molecule has 1 amide bonds. The number of nitrogens with two attached hydrogens (primary N) is 1. The van der Waals surface area contributed by atoms with Gasteiger partial charge in [0.05, 0.1) is 17.5 Å². The number of rotatable bonds is 4. The molecule has 0 saturated carbocycles. The van der Waals surface area contributed by atoms with Crippen LogP contribution in [-0.2, 0) is 4.79 Å². The molecule has 4 nitrogen and oxygen atoms in total. The number of nitrogens with one attached hydrogen (secondary N) is 1. The van der Waals surface area contributed by atoms with E-state index in [2.05, 4.69) is 17.5 Å². The van der Waals surface area contributed by atoms with Crippen molar-refractivity contribution < 1.29 is 9.21 Å². The number of aryl methyl sites for hydroxylation is 2. The zero-order chi connectivity index (χ0) is 12.3. The van der Waals surface area contributed by atoms with E-state index < -0.39 is 0 Å². The summed E-state index contributed by atoms with van der Waals surface area (Å²) in [5, 5.41) is 2.82. The molecule has 1 aromatic heterocycles. The summed E-state index contributed by atoms with van der Waals surface area (Å²) >= 11 is 4.67. The van der Waals surface area contributed by atoms with Crippen LogP contribution in [0, 0.1) is 13.8 Å². The maximum absolute atomic E-state index is 11.4. The Bertz CT molecular complexity index is 412. The molecule has 0 bridgehead atoms. The van der Waals surface area contributed by atoms with Gasteiger partial charge in [-0.25, -0.2) is 0 Å². The van der Waals surface area contributed by atoms with Gasteiger partial charge >= 0.3 is 0 Å². The summed E-state index contributed by atoms with van der Waals surface area (Å²) < 4.78 is 5.40. The average Bonchev–Trinajstić information content (AvgIpc) is 2.43. The summed E-state index contributed by atoms with van der Waals surface area (Å²) in [5.41, 5.74) is 6.27. The van der Waals surface area contributed by atoms with Crippen molar-refractivity contribution in [3.63, 3.8) is 0 Å². The van der Waals surface area contributed by atoms with Gasteiger partial charge in [0, 0.05) is 5.56 Å². The van der Waals surface area contributed by atoms with Gasteiger partial charge in [0.25, 0.3) is 0 Å². The summed E-state index contributed by atoms with van der Waals surface area (Å²) in [5.74, 6) is 1.49. The van der Waals surface area contributed by atoms with Gasteiger partial charge in [0.2, 0.25) is 5.91 Å². The second-order valence-corrected chi connectivity index (χ2v) is 4.33. The Kier molecular flexibility index (Phi) is 4.06. The van der Waals surface area contributed by atoms with Gasteiger partial charge < -0.3 is 15.5 Å².